The van der Waals surface area contributed by atoms with Gasteiger partial charge in [0.1, 0.15) is 4.90 Å². The van der Waals surface area contributed by atoms with Crippen LogP contribution in [0.4, 0.5) is 0 Å². The van der Waals surface area contributed by atoms with Crippen LogP contribution in [0.3, 0.4) is 0 Å². The van der Waals surface area contributed by atoms with Crippen LogP contribution in [0.2, 0.25) is 0 Å². The third-order valence-electron chi connectivity index (χ3n) is 3.00. The van der Waals surface area contributed by atoms with Gasteiger partial charge >= 0.3 is 0 Å². The summed E-state index contributed by atoms with van der Waals surface area (Å²) in [6, 6.07) is 0. The van der Waals surface area contributed by atoms with Gasteiger partial charge in [-0.2, -0.15) is 9.40 Å². The summed E-state index contributed by atoms with van der Waals surface area (Å²) < 4.78 is 27.8. The SMILES string of the molecule is CNCCCn1cc(S(=O)(=O)N(C)Cc2cscn2)cn1. The van der Waals surface area contributed by atoms with Crippen LogP contribution < -0.4 is 5.32 Å². The van der Waals surface area contributed by atoms with E-state index in [-0.39, 0.29) is 11.4 Å². The Hall–Kier alpha value is -1.29. The van der Waals surface area contributed by atoms with Crippen molar-refractivity contribution in [1.82, 2.24) is 24.4 Å². The number of thiazole rings is 1. The van der Waals surface area contributed by atoms with Crippen molar-refractivity contribution in [2.75, 3.05) is 20.6 Å². The van der Waals surface area contributed by atoms with E-state index in [4.69, 9.17) is 0 Å². The van der Waals surface area contributed by atoms with E-state index < -0.39 is 10.0 Å². The minimum absolute atomic E-state index is 0.213. The van der Waals surface area contributed by atoms with Gasteiger partial charge in [0.05, 0.1) is 23.9 Å². The molecule has 0 saturated carbocycles. The van der Waals surface area contributed by atoms with Crippen LogP contribution in [-0.4, -0.2) is 48.1 Å². The topological polar surface area (TPSA) is 80.1 Å². The molecule has 0 fully saturated rings. The molecule has 2 rings (SSSR count). The fraction of sp³-hybridized carbons (Fsp3) is 0.500. The molecule has 0 aliphatic rings. The first-order valence-electron chi connectivity index (χ1n) is 6.54. The lowest BCUT2D eigenvalue weighted by molar-refractivity contribution is 0.462. The van der Waals surface area contributed by atoms with Gasteiger partial charge in [-0.25, -0.2) is 13.4 Å². The molecule has 2 heterocycles. The van der Waals surface area contributed by atoms with Crippen molar-refractivity contribution >= 4 is 21.4 Å². The standard InChI is InChI=1S/C12H19N5O2S2/c1-13-4-3-5-17-8-12(6-15-17)21(18,19)16(2)7-11-9-20-10-14-11/h6,8-10,13H,3-5,7H2,1-2H3. The molecule has 0 radical (unpaired) electrons. The number of nitrogens with one attached hydrogen (secondary N) is 1. The molecule has 0 bridgehead atoms. The second-order valence-electron chi connectivity index (χ2n) is 4.64. The molecule has 21 heavy (non-hydrogen) atoms. The third-order valence-corrected chi connectivity index (χ3v) is 5.39. The number of aromatic nitrogens is 3. The van der Waals surface area contributed by atoms with Crippen LogP contribution >= 0.6 is 11.3 Å². The van der Waals surface area contributed by atoms with Gasteiger partial charge < -0.3 is 5.32 Å². The lowest BCUT2D eigenvalue weighted by atomic mass is 10.4. The second-order valence-corrected chi connectivity index (χ2v) is 7.40. The van der Waals surface area contributed by atoms with Gasteiger partial charge in [-0.1, -0.05) is 0 Å². The Labute approximate surface area is 128 Å². The van der Waals surface area contributed by atoms with Gasteiger partial charge in [0.25, 0.3) is 0 Å². The van der Waals surface area contributed by atoms with E-state index in [0.717, 1.165) is 18.7 Å². The molecule has 1 N–H and O–H groups in total. The zero-order valence-electron chi connectivity index (χ0n) is 12.1. The van der Waals surface area contributed by atoms with Crippen LogP contribution in [0.15, 0.2) is 28.2 Å². The summed E-state index contributed by atoms with van der Waals surface area (Å²) in [7, 11) is -0.0958. The van der Waals surface area contributed by atoms with Crippen molar-refractivity contribution in [2.24, 2.45) is 0 Å². The highest BCUT2D eigenvalue weighted by Crippen LogP contribution is 2.16. The molecule has 7 nitrogen and oxygen atoms in total. The fourth-order valence-electron chi connectivity index (χ4n) is 1.83. The maximum Gasteiger partial charge on any atom is 0.246 e. The first kappa shape index (κ1) is 16.1. The summed E-state index contributed by atoms with van der Waals surface area (Å²) in [6.45, 7) is 1.81. The maximum atomic E-state index is 12.4. The zero-order chi connectivity index (χ0) is 15.3. The van der Waals surface area contributed by atoms with Crippen molar-refractivity contribution in [2.45, 2.75) is 24.4 Å². The Kier molecular flexibility index (Phi) is 5.45. The predicted octanol–water partition coefficient (Wildman–Crippen LogP) is 0.770. The zero-order valence-corrected chi connectivity index (χ0v) is 13.7. The largest absolute Gasteiger partial charge is 0.320 e. The van der Waals surface area contributed by atoms with Gasteiger partial charge in [-0.05, 0) is 20.0 Å². The van der Waals surface area contributed by atoms with Crippen molar-refractivity contribution < 1.29 is 8.42 Å². The molecule has 0 atom stereocenters. The maximum absolute atomic E-state index is 12.4. The summed E-state index contributed by atoms with van der Waals surface area (Å²) in [5.41, 5.74) is 2.43. The van der Waals surface area contributed by atoms with Crippen LogP contribution in [0.1, 0.15) is 12.1 Å². The molecular formula is C12H19N5O2S2. The first-order chi connectivity index (χ1) is 10.0. The van der Waals surface area contributed by atoms with Crippen molar-refractivity contribution in [3.8, 4) is 0 Å². The Balaban J connectivity index is 2.04. The van der Waals surface area contributed by atoms with Crippen LogP contribution in [0.25, 0.3) is 0 Å². The molecule has 0 amide bonds. The Morgan fingerprint density at radius 2 is 2.29 bits per heavy atom. The average molecular weight is 329 g/mol. The number of hydrogen-bond donors (Lipinski definition) is 1. The minimum Gasteiger partial charge on any atom is -0.320 e. The van der Waals surface area contributed by atoms with Gasteiger partial charge in [0.2, 0.25) is 10.0 Å². The molecule has 9 heteroatoms. The number of hydrogen-bond acceptors (Lipinski definition) is 6. The van der Waals surface area contributed by atoms with Crippen LogP contribution in [0.5, 0.6) is 0 Å². The average Bonchev–Trinajstić information content (AvgIpc) is 3.10. The molecule has 0 aliphatic heterocycles. The number of rotatable bonds is 8. The fourth-order valence-corrected chi connectivity index (χ4v) is 3.47. The van der Waals surface area contributed by atoms with E-state index in [0.29, 0.717) is 6.54 Å². The van der Waals surface area contributed by atoms with Gasteiger partial charge in [-0.15, -0.1) is 11.3 Å². The summed E-state index contributed by atoms with van der Waals surface area (Å²) in [5.74, 6) is 0. The molecule has 2 aromatic rings. The smallest absolute Gasteiger partial charge is 0.246 e. The van der Waals surface area contributed by atoms with Crippen molar-refractivity contribution in [3.63, 3.8) is 0 Å². The van der Waals surface area contributed by atoms with Crippen molar-refractivity contribution in [3.05, 3.63) is 29.0 Å². The molecule has 0 spiro atoms. The highest BCUT2D eigenvalue weighted by Gasteiger charge is 2.23. The molecule has 116 valence electrons. The molecule has 0 aliphatic carbocycles. The highest BCUT2D eigenvalue weighted by atomic mass is 32.2. The first-order valence-corrected chi connectivity index (χ1v) is 8.93. The highest BCUT2D eigenvalue weighted by molar-refractivity contribution is 7.89. The van der Waals surface area contributed by atoms with E-state index in [9.17, 15) is 8.42 Å². The minimum atomic E-state index is -3.53. The van der Waals surface area contributed by atoms with E-state index in [1.165, 1.54) is 21.8 Å². The molecular weight excluding hydrogens is 310 g/mol. The van der Waals surface area contributed by atoms with Gasteiger partial charge in [0, 0.05) is 25.2 Å². The van der Waals surface area contributed by atoms with Gasteiger partial charge in [-0.3, -0.25) is 4.68 Å². The van der Waals surface area contributed by atoms with Crippen LogP contribution in [-0.2, 0) is 23.1 Å². The van der Waals surface area contributed by atoms with E-state index >= 15 is 0 Å². The van der Waals surface area contributed by atoms with E-state index in [2.05, 4.69) is 15.4 Å². The third kappa shape index (κ3) is 4.10. The quantitative estimate of drug-likeness (QED) is 0.724. The van der Waals surface area contributed by atoms with E-state index in [1.807, 2.05) is 12.4 Å². The lowest BCUT2D eigenvalue weighted by Crippen LogP contribution is -2.26. The summed E-state index contributed by atoms with van der Waals surface area (Å²) in [5, 5.41) is 8.99. The Morgan fingerprint density at radius 1 is 1.48 bits per heavy atom. The Bertz CT molecular complexity index is 651. The van der Waals surface area contributed by atoms with E-state index in [1.54, 1.807) is 23.4 Å². The summed E-state index contributed by atoms with van der Waals surface area (Å²) >= 11 is 1.45. The lowest BCUT2D eigenvalue weighted by Gasteiger charge is -2.14. The normalized spacial score (nSPS) is 12.1. The monoisotopic (exact) mass is 329 g/mol. The number of nitrogens with zero attached hydrogens (tertiary/aromatic N) is 4. The molecule has 2 aromatic heterocycles. The summed E-state index contributed by atoms with van der Waals surface area (Å²) in [6.07, 6.45) is 3.86. The van der Waals surface area contributed by atoms with Crippen LogP contribution in [0, 0.1) is 0 Å². The number of aryl methyl sites for hydroxylation is 1. The van der Waals surface area contributed by atoms with Gasteiger partial charge in [0.15, 0.2) is 0 Å². The molecule has 0 aromatic carbocycles. The molecule has 0 saturated heterocycles. The van der Waals surface area contributed by atoms with Crippen molar-refractivity contribution in [1.29, 1.82) is 0 Å². The number of sulfonamides is 1. The second kappa shape index (κ2) is 7.12. The molecule has 0 unspecified atom stereocenters. The Morgan fingerprint density at radius 3 is 2.95 bits per heavy atom. The predicted molar refractivity (Wildman–Crippen MR) is 81.5 cm³/mol. The summed E-state index contributed by atoms with van der Waals surface area (Å²) in [4.78, 5) is 4.32.